The number of hydrogen-bond acceptors (Lipinski definition) is 3. The molecular formula is C13H23NO3. The van der Waals surface area contributed by atoms with Crippen molar-refractivity contribution in [3.05, 3.63) is 0 Å². The van der Waals surface area contributed by atoms with Crippen molar-refractivity contribution in [2.45, 2.75) is 33.1 Å². The Hall–Kier alpha value is -0.610. The number of carboxylic acids is 1. The lowest BCUT2D eigenvalue weighted by Gasteiger charge is -2.41. The highest BCUT2D eigenvalue weighted by Gasteiger charge is 2.44. The van der Waals surface area contributed by atoms with Gasteiger partial charge in [0.2, 0.25) is 0 Å². The van der Waals surface area contributed by atoms with E-state index in [-0.39, 0.29) is 0 Å². The van der Waals surface area contributed by atoms with Crippen LogP contribution in [0.1, 0.15) is 33.1 Å². The van der Waals surface area contributed by atoms with Crippen molar-refractivity contribution in [3.63, 3.8) is 0 Å². The minimum Gasteiger partial charge on any atom is -0.481 e. The van der Waals surface area contributed by atoms with Crippen molar-refractivity contribution in [2.75, 3.05) is 32.8 Å². The summed E-state index contributed by atoms with van der Waals surface area (Å²) in [7, 11) is 0. The third-order valence-electron chi connectivity index (χ3n) is 4.06. The highest BCUT2D eigenvalue weighted by molar-refractivity contribution is 5.75. The van der Waals surface area contributed by atoms with E-state index in [2.05, 4.69) is 18.7 Å². The normalized spacial score (nSPS) is 33.8. The van der Waals surface area contributed by atoms with Crippen molar-refractivity contribution in [3.8, 4) is 0 Å². The lowest BCUT2D eigenvalue weighted by Crippen LogP contribution is -2.49. The van der Waals surface area contributed by atoms with Crippen molar-refractivity contribution >= 4 is 5.97 Å². The molecule has 2 rings (SSSR count). The van der Waals surface area contributed by atoms with Gasteiger partial charge in [0.05, 0.1) is 6.61 Å². The van der Waals surface area contributed by atoms with E-state index in [1.807, 2.05) is 0 Å². The van der Waals surface area contributed by atoms with E-state index < -0.39 is 11.4 Å². The molecule has 4 heteroatoms. The van der Waals surface area contributed by atoms with Gasteiger partial charge in [0, 0.05) is 19.7 Å². The Bertz CT molecular complexity index is 295. The molecule has 2 aliphatic heterocycles. The molecule has 2 aliphatic rings. The molecule has 0 aromatic carbocycles. The number of carbonyl (C=O) groups is 1. The summed E-state index contributed by atoms with van der Waals surface area (Å²) < 4.78 is 5.31. The molecule has 0 bridgehead atoms. The number of nitrogens with zero attached hydrogens (tertiary/aromatic N) is 1. The van der Waals surface area contributed by atoms with Crippen LogP contribution in [0.4, 0.5) is 0 Å². The third-order valence-corrected chi connectivity index (χ3v) is 4.06. The number of ether oxygens (including phenoxy) is 1. The summed E-state index contributed by atoms with van der Waals surface area (Å²) in [6.07, 6.45) is 3.06. The second-order valence-corrected chi connectivity index (χ2v) is 6.37. The Morgan fingerprint density at radius 2 is 2.18 bits per heavy atom. The molecule has 17 heavy (non-hydrogen) atoms. The molecule has 2 heterocycles. The van der Waals surface area contributed by atoms with Crippen LogP contribution in [0.2, 0.25) is 0 Å². The summed E-state index contributed by atoms with van der Waals surface area (Å²) in [6.45, 7) is 8.16. The predicted molar refractivity (Wildman–Crippen MR) is 65.0 cm³/mol. The zero-order valence-corrected chi connectivity index (χ0v) is 10.9. The molecule has 4 nitrogen and oxygen atoms in total. The van der Waals surface area contributed by atoms with Gasteiger partial charge in [0.25, 0.3) is 0 Å². The Morgan fingerprint density at radius 3 is 2.71 bits per heavy atom. The maximum Gasteiger partial charge on any atom is 0.313 e. The van der Waals surface area contributed by atoms with E-state index in [0.29, 0.717) is 31.6 Å². The Balaban J connectivity index is 2.01. The average molecular weight is 241 g/mol. The van der Waals surface area contributed by atoms with Crippen molar-refractivity contribution < 1.29 is 14.6 Å². The van der Waals surface area contributed by atoms with Crippen LogP contribution in [0, 0.1) is 10.8 Å². The fraction of sp³-hybridized carbons (Fsp3) is 0.923. The SMILES string of the molecule is CC1(C)CCCN(CC2(C(=O)O)CCOC2)C1. The summed E-state index contributed by atoms with van der Waals surface area (Å²) in [5.74, 6) is -0.696. The van der Waals surface area contributed by atoms with E-state index in [0.717, 1.165) is 13.1 Å². The molecular weight excluding hydrogens is 218 g/mol. The first-order valence-corrected chi connectivity index (χ1v) is 6.47. The molecule has 0 aromatic rings. The summed E-state index contributed by atoms with van der Waals surface area (Å²) in [5, 5.41) is 9.42. The van der Waals surface area contributed by atoms with Gasteiger partial charge in [-0.05, 0) is 31.2 Å². The van der Waals surface area contributed by atoms with Crippen LogP contribution in [0.15, 0.2) is 0 Å². The molecule has 2 saturated heterocycles. The van der Waals surface area contributed by atoms with Gasteiger partial charge in [0.1, 0.15) is 5.41 Å². The molecule has 98 valence electrons. The number of piperidine rings is 1. The fourth-order valence-electron chi connectivity index (χ4n) is 3.08. The van der Waals surface area contributed by atoms with Gasteiger partial charge >= 0.3 is 5.97 Å². The largest absolute Gasteiger partial charge is 0.481 e. The van der Waals surface area contributed by atoms with E-state index >= 15 is 0 Å². The number of carboxylic acid groups (broad SMARTS) is 1. The monoisotopic (exact) mass is 241 g/mol. The maximum atomic E-state index is 11.5. The van der Waals surface area contributed by atoms with Gasteiger partial charge in [0.15, 0.2) is 0 Å². The van der Waals surface area contributed by atoms with Crippen molar-refractivity contribution in [1.29, 1.82) is 0 Å². The van der Waals surface area contributed by atoms with E-state index in [1.54, 1.807) is 0 Å². The van der Waals surface area contributed by atoms with Crippen molar-refractivity contribution in [2.24, 2.45) is 10.8 Å². The number of likely N-dealkylation sites (tertiary alicyclic amines) is 1. The quantitative estimate of drug-likeness (QED) is 0.815. The Kier molecular flexibility index (Phi) is 3.46. The molecule has 0 radical (unpaired) electrons. The highest BCUT2D eigenvalue weighted by Crippen LogP contribution is 2.34. The zero-order chi connectivity index (χ0) is 12.5. The molecule has 0 aromatic heterocycles. The molecule has 0 spiro atoms. The van der Waals surface area contributed by atoms with E-state index in [9.17, 15) is 9.90 Å². The zero-order valence-electron chi connectivity index (χ0n) is 10.9. The molecule has 0 saturated carbocycles. The standard InChI is InChI=1S/C13H23NO3/c1-12(2)4-3-6-14(8-12)9-13(11(15)16)5-7-17-10-13/h3-10H2,1-2H3,(H,15,16). The maximum absolute atomic E-state index is 11.5. The van der Waals surface area contributed by atoms with Crippen LogP contribution < -0.4 is 0 Å². The summed E-state index contributed by atoms with van der Waals surface area (Å²) in [5.41, 5.74) is -0.342. The topological polar surface area (TPSA) is 49.8 Å². The van der Waals surface area contributed by atoms with Gasteiger partial charge < -0.3 is 14.7 Å². The second-order valence-electron chi connectivity index (χ2n) is 6.37. The molecule has 1 N–H and O–H groups in total. The van der Waals surface area contributed by atoms with E-state index in [1.165, 1.54) is 12.8 Å². The van der Waals surface area contributed by atoms with Gasteiger partial charge in [-0.15, -0.1) is 0 Å². The summed E-state index contributed by atoms with van der Waals surface area (Å²) in [6, 6.07) is 0. The summed E-state index contributed by atoms with van der Waals surface area (Å²) in [4.78, 5) is 13.8. The van der Waals surface area contributed by atoms with Gasteiger partial charge in [-0.1, -0.05) is 13.8 Å². The smallest absolute Gasteiger partial charge is 0.313 e. The Morgan fingerprint density at radius 1 is 1.41 bits per heavy atom. The van der Waals surface area contributed by atoms with Crippen LogP contribution in [0.25, 0.3) is 0 Å². The minimum absolute atomic E-state index is 0.317. The van der Waals surface area contributed by atoms with Gasteiger partial charge in [-0.2, -0.15) is 0 Å². The number of rotatable bonds is 3. The van der Waals surface area contributed by atoms with Crippen LogP contribution >= 0.6 is 0 Å². The first-order valence-electron chi connectivity index (χ1n) is 6.47. The Labute approximate surface area is 103 Å². The predicted octanol–water partition coefficient (Wildman–Crippen LogP) is 1.60. The number of hydrogen-bond donors (Lipinski definition) is 1. The highest BCUT2D eigenvalue weighted by atomic mass is 16.5. The van der Waals surface area contributed by atoms with Crippen LogP contribution in [0.3, 0.4) is 0 Å². The average Bonchev–Trinajstić information content (AvgIpc) is 2.66. The lowest BCUT2D eigenvalue weighted by atomic mass is 9.81. The molecule has 1 atom stereocenters. The van der Waals surface area contributed by atoms with Crippen LogP contribution in [0.5, 0.6) is 0 Å². The summed E-state index contributed by atoms with van der Waals surface area (Å²) >= 11 is 0. The second kappa shape index (κ2) is 4.58. The first kappa shape index (κ1) is 12.8. The fourth-order valence-corrected chi connectivity index (χ4v) is 3.08. The molecule has 0 aliphatic carbocycles. The number of aliphatic carboxylic acids is 1. The minimum atomic E-state index is -0.696. The van der Waals surface area contributed by atoms with E-state index in [4.69, 9.17) is 4.74 Å². The molecule has 1 unspecified atom stereocenters. The van der Waals surface area contributed by atoms with Gasteiger partial charge in [-0.25, -0.2) is 0 Å². The molecule has 0 amide bonds. The molecule has 2 fully saturated rings. The van der Waals surface area contributed by atoms with Crippen LogP contribution in [-0.4, -0.2) is 48.8 Å². The van der Waals surface area contributed by atoms with Crippen LogP contribution in [-0.2, 0) is 9.53 Å². The first-order chi connectivity index (χ1) is 7.94. The lowest BCUT2D eigenvalue weighted by molar-refractivity contribution is -0.150. The third kappa shape index (κ3) is 2.80. The van der Waals surface area contributed by atoms with Crippen molar-refractivity contribution in [1.82, 2.24) is 4.90 Å². The van der Waals surface area contributed by atoms with Gasteiger partial charge in [-0.3, -0.25) is 4.79 Å².